The van der Waals surface area contributed by atoms with Gasteiger partial charge in [-0.3, -0.25) is 4.79 Å². The van der Waals surface area contributed by atoms with E-state index in [4.69, 9.17) is 0 Å². The van der Waals surface area contributed by atoms with Crippen molar-refractivity contribution in [3.05, 3.63) is 67.3 Å². The van der Waals surface area contributed by atoms with Crippen molar-refractivity contribution in [1.82, 2.24) is 0 Å². The standard InChI is InChI=1S/C13H10IO/c15-10-11-5-4-8-13(9-11)14-12-6-2-1-3-7-12/h1-10H/q+1. The van der Waals surface area contributed by atoms with Gasteiger partial charge in [-0.25, -0.2) is 0 Å². The van der Waals surface area contributed by atoms with E-state index < -0.39 is 0 Å². The van der Waals surface area contributed by atoms with Gasteiger partial charge in [-0.15, -0.1) is 0 Å². The van der Waals surface area contributed by atoms with Crippen molar-refractivity contribution in [1.29, 1.82) is 0 Å². The summed E-state index contributed by atoms with van der Waals surface area (Å²) in [5, 5.41) is 0. The highest BCUT2D eigenvalue weighted by atomic mass is 127. The normalized spacial score (nSPS) is 9.87. The van der Waals surface area contributed by atoms with E-state index in [0.29, 0.717) is 0 Å². The Morgan fingerprint density at radius 1 is 0.867 bits per heavy atom. The van der Waals surface area contributed by atoms with Crippen LogP contribution in [0.4, 0.5) is 0 Å². The van der Waals surface area contributed by atoms with Gasteiger partial charge in [0.1, 0.15) is 6.29 Å². The molecule has 0 saturated carbocycles. The van der Waals surface area contributed by atoms with Crippen LogP contribution in [0.25, 0.3) is 0 Å². The smallest absolute Gasteiger partial charge is 0.298 e. The highest BCUT2D eigenvalue weighted by Gasteiger charge is 2.14. The van der Waals surface area contributed by atoms with Gasteiger partial charge in [0.25, 0.3) is 0 Å². The van der Waals surface area contributed by atoms with Crippen molar-refractivity contribution >= 4 is 6.29 Å². The van der Waals surface area contributed by atoms with Gasteiger partial charge in [0.2, 0.25) is 0 Å². The van der Waals surface area contributed by atoms with Gasteiger partial charge in [-0.2, -0.15) is 0 Å². The van der Waals surface area contributed by atoms with E-state index in [9.17, 15) is 4.79 Å². The van der Waals surface area contributed by atoms with Gasteiger partial charge in [0.05, 0.1) is 0 Å². The molecule has 0 radical (unpaired) electrons. The molecule has 0 fully saturated rings. The predicted octanol–water partition coefficient (Wildman–Crippen LogP) is -0.372. The first-order chi connectivity index (χ1) is 7.38. The molecule has 2 aromatic rings. The van der Waals surface area contributed by atoms with E-state index in [1.165, 1.54) is 7.14 Å². The second-order valence-electron chi connectivity index (χ2n) is 3.06. The van der Waals surface area contributed by atoms with Crippen molar-refractivity contribution in [2.75, 3.05) is 0 Å². The Morgan fingerprint density at radius 2 is 1.60 bits per heavy atom. The Kier molecular flexibility index (Phi) is 3.50. The monoisotopic (exact) mass is 309 g/mol. The summed E-state index contributed by atoms with van der Waals surface area (Å²) in [6.07, 6.45) is 0.901. The van der Waals surface area contributed by atoms with Crippen LogP contribution in [0.3, 0.4) is 0 Å². The fourth-order valence-electron chi connectivity index (χ4n) is 1.24. The fraction of sp³-hybridized carbons (Fsp3) is 0. The molecule has 2 heteroatoms. The topological polar surface area (TPSA) is 17.1 Å². The summed E-state index contributed by atoms with van der Waals surface area (Å²) in [7, 11) is 0. The molecule has 0 bridgehead atoms. The van der Waals surface area contributed by atoms with Crippen molar-refractivity contribution in [3.63, 3.8) is 0 Å². The molecule has 0 amide bonds. The molecule has 0 aliphatic rings. The molecule has 0 N–H and O–H groups in total. The maximum absolute atomic E-state index is 10.6. The molecule has 15 heavy (non-hydrogen) atoms. The molecule has 2 rings (SSSR count). The molecule has 0 saturated heterocycles. The van der Waals surface area contributed by atoms with Crippen molar-refractivity contribution in [3.8, 4) is 0 Å². The lowest BCUT2D eigenvalue weighted by Gasteiger charge is -1.88. The number of halogens is 1. The van der Waals surface area contributed by atoms with Crippen LogP contribution in [-0.2, 0) is 0 Å². The third-order valence-electron chi connectivity index (χ3n) is 1.94. The third-order valence-corrected chi connectivity index (χ3v) is 4.57. The molecular weight excluding hydrogens is 299 g/mol. The van der Waals surface area contributed by atoms with Gasteiger partial charge >= 0.3 is 21.2 Å². The first-order valence-electron chi connectivity index (χ1n) is 4.63. The van der Waals surface area contributed by atoms with E-state index >= 15 is 0 Å². The van der Waals surface area contributed by atoms with E-state index in [1.807, 2.05) is 24.3 Å². The zero-order valence-electron chi connectivity index (χ0n) is 8.06. The van der Waals surface area contributed by atoms with Crippen LogP contribution in [0.5, 0.6) is 0 Å². The Hall–Kier alpha value is -1.16. The first kappa shape index (κ1) is 10.4. The summed E-state index contributed by atoms with van der Waals surface area (Å²) >= 11 is -0.153. The molecule has 0 aliphatic carbocycles. The number of benzene rings is 2. The second kappa shape index (κ2) is 5.07. The van der Waals surface area contributed by atoms with Crippen molar-refractivity contribution < 1.29 is 26.0 Å². The lowest BCUT2D eigenvalue weighted by atomic mass is 10.2. The lowest BCUT2D eigenvalue weighted by molar-refractivity contribution is -0.597. The average molecular weight is 309 g/mol. The van der Waals surface area contributed by atoms with Crippen LogP contribution in [0.15, 0.2) is 54.6 Å². The van der Waals surface area contributed by atoms with Crippen molar-refractivity contribution in [2.24, 2.45) is 0 Å². The van der Waals surface area contributed by atoms with Gasteiger partial charge in [-0.1, -0.05) is 30.3 Å². The number of hydrogen-bond acceptors (Lipinski definition) is 1. The second-order valence-corrected chi connectivity index (χ2v) is 6.09. The summed E-state index contributed by atoms with van der Waals surface area (Å²) in [6, 6.07) is 18.3. The molecule has 2 aromatic carbocycles. The molecular formula is C13H10IO+. The zero-order valence-corrected chi connectivity index (χ0v) is 10.2. The fourth-order valence-corrected chi connectivity index (χ4v) is 3.64. The van der Waals surface area contributed by atoms with Crippen LogP contribution in [0, 0.1) is 7.14 Å². The zero-order chi connectivity index (χ0) is 10.5. The molecule has 0 aromatic heterocycles. The maximum atomic E-state index is 10.6. The predicted molar refractivity (Wildman–Crippen MR) is 55.7 cm³/mol. The molecule has 0 atom stereocenters. The summed E-state index contributed by atoms with van der Waals surface area (Å²) in [5.74, 6) is 0. The number of carbonyl (C=O) groups excluding carboxylic acids is 1. The summed E-state index contributed by atoms with van der Waals surface area (Å²) in [5.41, 5.74) is 0.767. The van der Waals surface area contributed by atoms with Crippen LogP contribution in [0.2, 0.25) is 0 Å². The molecule has 1 nitrogen and oxygen atoms in total. The average Bonchev–Trinajstić information content (AvgIpc) is 2.31. The molecule has 0 aliphatic heterocycles. The molecule has 0 spiro atoms. The maximum Gasteiger partial charge on any atom is 0.357 e. The van der Waals surface area contributed by atoms with Gasteiger partial charge in [-0.05, 0) is 18.2 Å². The van der Waals surface area contributed by atoms with Gasteiger partial charge in [0, 0.05) is 11.6 Å². The van der Waals surface area contributed by atoms with E-state index in [0.717, 1.165) is 11.8 Å². The quantitative estimate of drug-likeness (QED) is 0.558. The van der Waals surface area contributed by atoms with Gasteiger partial charge < -0.3 is 0 Å². The number of rotatable bonds is 3. The minimum atomic E-state index is -0.153. The minimum absolute atomic E-state index is 0.153. The highest BCUT2D eigenvalue weighted by molar-refractivity contribution is 5.74. The van der Waals surface area contributed by atoms with Crippen LogP contribution < -0.4 is 21.2 Å². The lowest BCUT2D eigenvalue weighted by Crippen LogP contribution is -3.61. The Labute approximate surface area is 99.4 Å². The summed E-state index contributed by atoms with van der Waals surface area (Å²) in [4.78, 5) is 10.6. The van der Waals surface area contributed by atoms with Crippen molar-refractivity contribution in [2.45, 2.75) is 0 Å². The Balaban J connectivity index is 2.21. The summed E-state index contributed by atoms with van der Waals surface area (Å²) in [6.45, 7) is 0. The number of hydrogen-bond donors (Lipinski definition) is 0. The summed E-state index contributed by atoms with van der Waals surface area (Å²) < 4.78 is 2.66. The third kappa shape index (κ3) is 2.89. The highest BCUT2D eigenvalue weighted by Crippen LogP contribution is 1.93. The van der Waals surface area contributed by atoms with E-state index in [1.54, 1.807) is 0 Å². The number of aldehydes is 1. The minimum Gasteiger partial charge on any atom is -0.298 e. The van der Waals surface area contributed by atoms with Crippen LogP contribution in [0.1, 0.15) is 10.4 Å². The SMILES string of the molecule is O=Cc1cccc([I+]c2ccccc2)c1. The Bertz CT molecular complexity index is 451. The largest absolute Gasteiger partial charge is 0.357 e. The molecule has 0 heterocycles. The number of carbonyl (C=O) groups is 1. The van der Waals surface area contributed by atoms with Crippen LogP contribution in [-0.4, -0.2) is 6.29 Å². The van der Waals surface area contributed by atoms with Gasteiger partial charge in [0.15, 0.2) is 7.14 Å². The molecule has 0 unspecified atom stereocenters. The van der Waals surface area contributed by atoms with E-state index in [2.05, 4.69) is 30.3 Å². The molecule has 74 valence electrons. The van der Waals surface area contributed by atoms with E-state index in [-0.39, 0.29) is 21.2 Å². The Morgan fingerprint density at radius 3 is 2.33 bits per heavy atom. The first-order valence-corrected chi connectivity index (χ1v) is 6.79. The van der Waals surface area contributed by atoms with Crippen LogP contribution >= 0.6 is 0 Å².